The highest BCUT2D eigenvalue weighted by Gasteiger charge is 2.12. The number of aromatic nitrogens is 4. The summed E-state index contributed by atoms with van der Waals surface area (Å²) in [6, 6.07) is 18.1. The van der Waals surface area contributed by atoms with Crippen LogP contribution < -0.4 is 14.9 Å². The fourth-order valence-electron chi connectivity index (χ4n) is 3.81. The molecule has 0 fully saturated rings. The van der Waals surface area contributed by atoms with Crippen LogP contribution in [0.4, 0.5) is 5.95 Å². The third-order valence-corrected chi connectivity index (χ3v) is 6.05. The van der Waals surface area contributed by atoms with Gasteiger partial charge in [-0.2, -0.15) is 10.1 Å². The number of methoxy groups -OCH3 is 1. The van der Waals surface area contributed by atoms with Gasteiger partial charge in [-0.3, -0.25) is 0 Å². The minimum Gasteiger partial charge on any atom is -0.493 e. The van der Waals surface area contributed by atoms with E-state index in [0.29, 0.717) is 29.7 Å². The van der Waals surface area contributed by atoms with E-state index in [4.69, 9.17) is 9.47 Å². The van der Waals surface area contributed by atoms with Gasteiger partial charge in [-0.15, -0.1) is 10.2 Å². The number of H-pyrrole nitrogens is 1. The van der Waals surface area contributed by atoms with Gasteiger partial charge in [-0.1, -0.05) is 41.5 Å². The van der Waals surface area contributed by atoms with Crippen molar-refractivity contribution in [3.05, 3.63) is 81.3 Å². The second-order valence-electron chi connectivity index (χ2n) is 8.19. The first-order valence-corrected chi connectivity index (χ1v) is 11.8. The highest BCUT2D eigenvalue weighted by atomic mass is 79.9. The number of anilines is 1. The fourth-order valence-corrected chi connectivity index (χ4v) is 4.38. The molecule has 0 aliphatic heterocycles. The van der Waals surface area contributed by atoms with Gasteiger partial charge in [0, 0.05) is 10.9 Å². The molecule has 5 aromatic rings. The largest absolute Gasteiger partial charge is 0.493 e. The summed E-state index contributed by atoms with van der Waals surface area (Å²) in [5.74, 6) is 1.52. The van der Waals surface area contributed by atoms with Crippen LogP contribution in [0.25, 0.3) is 22.1 Å². The minimum absolute atomic E-state index is 0.293. The van der Waals surface area contributed by atoms with Gasteiger partial charge in [-0.25, -0.2) is 5.43 Å². The van der Waals surface area contributed by atoms with Crippen LogP contribution in [-0.2, 0) is 6.61 Å². The van der Waals surface area contributed by atoms with Crippen LogP contribution in [0.2, 0.25) is 0 Å². The Labute approximate surface area is 210 Å². The molecule has 0 unspecified atom stereocenters. The monoisotopic (exact) mass is 530 g/mol. The third kappa shape index (κ3) is 4.95. The molecule has 0 radical (unpaired) electrons. The SMILES string of the molecule is COc1cc(/C=N/Nc2nnc3c(n2)[nH]c2ccc(C)cc23)cc(Br)c1OCc1cccc(C)c1. The molecule has 0 aliphatic carbocycles. The first kappa shape index (κ1) is 22.8. The van der Waals surface area contributed by atoms with Crippen LogP contribution in [-0.4, -0.2) is 33.5 Å². The minimum atomic E-state index is 0.293. The number of hydrogen-bond donors (Lipinski definition) is 2. The molecule has 0 spiro atoms. The van der Waals surface area contributed by atoms with Gasteiger partial charge in [0.25, 0.3) is 5.95 Å². The van der Waals surface area contributed by atoms with Crippen LogP contribution in [0.1, 0.15) is 22.3 Å². The molecule has 9 heteroatoms. The third-order valence-electron chi connectivity index (χ3n) is 5.47. The van der Waals surface area contributed by atoms with Crippen molar-refractivity contribution in [1.82, 2.24) is 20.2 Å². The maximum atomic E-state index is 6.04. The zero-order valence-electron chi connectivity index (χ0n) is 19.5. The number of nitrogens with one attached hydrogen (secondary N) is 2. The molecule has 35 heavy (non-hydrogen) atoms. The molecule has 8 nitrogen and oxygen atoms in total. The quantitative estimate of drug-likeness (QED) is 0.200. The molecule has 0 atom stereocenters. The lowest BCUT2D eigenvalue weighted by Gasteiger charge is -2.13. The van der Waals surface area contributed by atoms with Crippen LogP contribution in [0.5, 0.6) is 11.5 Å². The summed E-state index contributed by atoms with van der Waals surface area (Å²) in [4.78, 5) is 7.76. The van der Waals surface area contributed by atoms with Crippen LogP contribution in [0, 0.1) is 13.8 Å². The molecule has 3 aromatic carbocycles. The molecule has 0 aliphatic rings. The number of aromatic amines is 1. The van der Waals surface area contributed by atoms with Gasteiger partial charge in [0.2, 0.25) is 0 Å². The molecule has 0 saturated carbocycles. The molecular formula is C26H23BrN6O2. The van der Waals surface area contributed by atoms with E-state index in [0.717, 1.165) is 37.6 Å². The van der Waals surface area contributed by atoms with Crippen molar-refractivity contribution < 1.29 is 9.47 Å². The first-order valence-electron chi connectivity index (χ1n) is 11.0. The summed E-state index contributed by atoms with van der Waals surface area (Å²) in [6.45, 7) is 4.54. The smallest absolute Gasteiger partial charge is 0.265 e. The predicted molar refractivity (Wildman–Crippen MR) is 141 cm³/mol. The Morgan fingerprint density at radius 3 is 2.74 bits per heavy atom. The molecule has 2 heterocycles. The van der Waals surface area contributed by atoms with Gasteiger partial charge in [0.1, 0.15) is 12.1 Å². The summed E-state index contributed by atoms with van der Waals surface area (Å²) < 4.78 is 12.4. The van der Waals surface area contributed by atoms with Crippen molar-refractivity contribution in [3.8, 4) is 11.5 Å². The number of fused-ring (bicyclic) bond motifs is 3. The van der Waals surface area contributed by atoms with E-state index in [1.807, 2.05) is 43.3 Å². The van der Waals surface area contributed by atoms with Gasteiger partial charge in [0.15, 0.2) is 17.1 Å². The van der Waals surface area contributed by atoms with Gasteiger partial charge >= 0.3 is 0 Å². The highest BCUT2D eigenvalue weighted by Crippen LogP contribution is 2.37. The van der Waals surface area contributed by atoms with Crippen molar-refractivity contribution in [1.29, 1.82) is 0 Å². The van der Waals surface area contributed by atoms with Crippen LogP contribution >= 0.6 is 15.9 Å². The number of hydrazone groups is 1. The lowest BCUT2D eigenvalue weighted by Crippen LogP contribution is -2.01. The topological polar surface area (TPSA) is 97.3 Å². The Bertz CT molecular complexity index is 1560. The fraction of sp³-hybridized carbons (Fsp3) is 0.154. The molecule has 0 saturated heterocycles. The average Bonchev–Trinajstić information content (AvgIpc) is 3.20. The van der Waals surface area contributed by atoms with Crippen molar-refractivity contribution in [2.24, 2.45) is 5.10 Å². The zero-order chi connectivity index (χ0) is 24.4. The second-order valence-corrected chi connectivity index (χ2v) is 9.04. The van der Waals surface area contributed by atoms with E-state index in [-0.39, 0.29) is 0 Å². The van der Waals surface area contributed by atoms with Crippen molar-refractivity contribution in [2.45, 2.75) is 20.5 Å². The Morgan fingerprint density at radius 2 is 1.91 bits per heavy atom. The van der Waals surface area contributed by atoms with Crippen molar-refractivity contribution in [2.75, 3.05) is 12.5 Å². The van der Waals surface area contributed by atoms with E-state index in [9.17, 15) is 0 Å². The molecule has 2 N–H and O–H groups in total. The number of nitrogens with zero attached hydrogens (tertiary/aromatic N) is 4. The Balaban J connectivity index is 1.31. The van der Waals surface area contributed by atoms with Crippen molar-refractivity contribution in [3.63, 3.8) is 0 Å². The predicted octanol–water partition coefficient (Wildman–Crippen LogP) is 5.92. The van der Waals surface area contributed by atoms with Gasteiger partial charge in [0.05, 0.1) is 17.8 Å². The normalized spacial score (nSPS) is 11.4. The zero-order valence-corrected chi connectivity index (χ0v) is 21.0. The summed E-state index contributed by atoms with van der Waals surface area (Å²) in [7, 11) is 1.61. The van der Waals surface area contributed by atoms with E-state index in [1.54, 1.807) is 13.3 Å². The molecule has 2 aromatic heterocycles. The number of ether oxygens (including phenoxy) is 2. The number of rotatable bonds is 7. The molecule has 176 valence electrons. The maximum absolute atomic E-state index is 6.04. The standard InChI is InChI=1S/C26H23BrN6O2/c1-15-5-4-6-17(9-15)14-35-24-20(27)11-18(12-22(24)34-3)13-28-32-26-30-25-23(31-33-26)19-10-16(2)7-8-21(19)29-25/h4-13H,14H2,1-3H3,(H2,29,30,32,33)/b28-13+. The summed E-state index contributed by atoms with van der Waals surface area (Å²) in [6.07, 6.45) is 1.65. The first-order chi connectivity index (χ1) is 17.0. The molecule has 5 rings (SSSR count). The van der Waals surface area contributed by atoms with Gasteiger partial charge in [-0.05, 0) is 65.2 Å². The highest BCUT2D eigenvalue weighted by molar-refractivity contribution is 9.10. The van der Waals surface area contributed by atoms with E-state index in [2.05, 4.69) is 71.7 Å². The number of halogens is 1. The lowest BCUT2D eigenvalue weighted by molar-refractivity contribution is 0.282. The molecule has 0 amide bonds. The summed E-state index contributed by atoms with van der Waals surface area (Å²) >= 11 is 3.59. The molecular weight excluding hydrogens is 508 g/mol. The summed E-state index contributed by atoms with van der Waals surface area (Å²) in [5, 5.41) is 13.7. The van der Waals surface area contributed by atoms with Crippen molar-refractivity contribution >= 4 is 50.2 Å². The average molecular weight is 531 g/mol. The second kappa shape index (κ2) is 9.71. The Morgan fingerprint density at radius 1 is 1.06 bits per heavy atom. The number of hydrogen-bond acceptors (Lipinski definition) is 7. The Kier molecular flexibility index (Phi) is 6.33. The molecule has 0 bridgehead atoms. The summed E-state index contributed by atoms with van der Waals surface area (Å²) in [5.41, 5.74) is 9.42. The van der Waals surface area contributed by atoms with Crippen LogP contribution in [0.3, 0.4) is 0 Å². The van der Waals surface area contributed by atoms with E-state index in [1.165, 1.54) is 5.56 Å². The van der Waals surface area contributed by atoms with E-state index >= 15 is 0 Å². The Hall–Kier alpha value is -3.98. The number of benzene rings is 3. The number of aryl methyl sites for hydroxylation is 2. The lowest BCUT2D eigenvalue weighted by atomic mass is 10.1. The maximum Gasteiger partial charge on any atom is 0.265 e. The van der Waals surface area contributed by atoms with Crippen LogP contribution in [0.15, 0.2) is 64.2 Å². The van der Waals surface area contributed by atoms with E-state index < -0.39 is 0 Å². The van der Waals surface area contributed by atoms with Gasteiger partial charge < -0.3 is 14.5 Å².